The summed E-state index contributed by atoms with van der Waals surface area (Å²) in [6, 6.07) is 1.48. The molecule has 0 aromatic carbocycles. The summed E-state index contributed by atoms with van der Waals surface area (Å²) < 4.78 is 27.4. The van der Waals surface area contributed by atoms with Gasteiger partial charge in [0.05, 0.1) is 0 Å². The number of aromatic nitrogens is 1. The Kier molecular flexibility index (Phi) is 6.09. The van der Waals surface area contributed by atoms with E-state index < -0.39 is 10.0 Å². The lowest BCUT2D eigenvalue weighted by molar-refractivity contribution is 0.0787. The van der Waals surface area contributed by atoms with E-state index in [0.29, 0.717) is 18.8 Å². The number of hydrogen-bond acceptors (Lipinski definition) is 3. The van der Waals surface area contributed by atoms with Gasteiger partial charge in [0, 0.05) is 32.4 Å². The Morgan fingerprint density at radius 1 is 1.17 bits per heavy atom. The Bertz CT molecular complexity index is 648. The second-order valence-electron chi connectivity index (χ2n) is 7.36. The van der Waals surface area contributed by atoms with E-state index in [2.05, 4.69) is 4.98 Å². The van der Waals surface area contributed by atoms with Crippen LogP contribution >= 0.6 is 0 Å². The van der Waals surface area contributed by atoms with Crippen molar-refractivity contribution < 1.29 is 13.2 Å². The highest BCUT2D eigenvalue weighted by atomic mass is 32.2. The van der Waals surface area contributed by atoms with Gasteiger partial charge in [0.2, 0.25) is 10.0 Å². The highest BCUT2D eigenvalue weighted by Gasteiger charge is 2.29. The molecule has 0 spiro atoms. The molecule has 1 fully saturated rings. The number of carbonyl (C=O) groups excluding carboxylic acids is 1. The molecular formula is C17H29N3O3S. The number of hydrogen-bond donors (Lipinski definition) is 1. The average Bonchev–Trinajstić information content (AvgIpc) is 3.16. The summed E-state index contributed by atoms with van der Waals surface area (Å²) in [7, 11) is -3.60. The summed E-state index contributed by atoms with van der Waals surface area (Å²) in [5.41, 5.74) is 0.351. The van der Waals surface area contributed by atoms with E-state index >= 15 is 0 Å². The van der Waals surface area contributed by atoms with Crippen molar-refractivity contribution in [3.8, 4) is 0 Å². The van der Waals surface area contributed by atoms with Gasteiger partial charge in [0.25, 0.3) is 5.91 Å². The van der Waals surface area contributed by atoms with E-state index in [1.165, 1.54) is 16.6 Å². The Balaban J connectivity index is 2.22. The molecule has 1 aliphatic rings. The standard InChI is InChI=1S/C17H29N3O3S/c1-13(2)11-20(12-14(3)4)24(22,23)15-9-16(18-10-15)17(21)19-7-5-6-8-19/h9-10,13-14,18H,5-8,11-12H2,1-4H3. The molecule has 0 aliphatic carbocycles. The normalized spacial score (nSPS) is 15.9. The van der Waals surface area contributed by atoms with Gasteiger partial charge in [-0.05, 0) is 30.7 Å². The van der Waals surface area contributed by atoms with Crippen LogP contribution in [0.4, 0.5) is 0 Å². The van der Waals surface area contributed by atoms with Crippen molar-refractivity contribution in [1.82, 2.24) is 14.2 Å². The van der Waals surface area contributed by atoms with Gasteiger partial charge in [-0.2, -0.15) is 4.31 Å². The number of H-pyrrole nitrogens is 1. The third kappa shape index (κ3) is 4.39. The molecule has 0 radical (unpaired) electrons. The van der Waals surface area contributed by atoms with Gasteiger partial charge in [0.1, 0.15) is 10.6 Å². The molecule has 1 amide bonds. The van der Waals surface area contributed by atoms with E-state index in [-0.39, 0.29) is 22.6 Å². The van der Waals surface area contributed by atoms with Gasteiger partial charge < -0.3 is 9.88 Å². The quantitative estimate of drug-likeness (QED) is 0.817. The fourth-order valence-electron chi connectivity index (χ4n) is 2.97. The zero-order valence-electron chi connectivity index (χ0n) is 15.1. The van der Waals surface area contributed by atoms with Crippen LogP contribution in [0.1, 0.15) is 51.0 Å². The molecule has 0 bridgehead atoms. The minimum atomic E-state index is -3.60. The maximum Gasteiger partial charge on any atom is 0.270 e. The van der Waals surface area contributed by atoms with Crippen molar-refractivity contribution in [1.29, 1.82) is 0 Å². The van der Waals surface area contributed by atoms with Crippen molar-refractivity contribution in [3.05, 3.63) is 18.0 Å². The number of nitrogens with one attached hydrogen (secondary N) is 1. The molecule has 0 atom stereocenters. The van der Waals surface area contributed by atoms with Crippen LogP contribution in [0, 0.1) is 11.8 Å². The fourth-order valence-corrected chi connectivity index (χ4v) is 4.73. The number of rotatable bonds is 7. The molecule has 24 heavy (non-hydrogen) atoms. The van der Waals surface area contributed by atoms with Crippen LogP contribution in [-0.4, -0.2) is 54.7 Å². The molecule has 2 heterocycles. The second kappa shape index (κ2) is 7.70. The van der Waals surface area contributed by atoms with Gasteiger partial charge in [-0.1, -0.05) is 27.7 Å². The molecule has 0 unspecified atom stereocenters. The van der Waals surface area contributed by atoms with Crippen LogP contribution in [0.5, 0.6) is 0 Å². The van der Waals surface area contributed by atoms with Crippen LogP contribution in [-0.2, 0) is 10.0 Å². The molecular weight excluding hydrogens is 326 g/mol. The third-order valence-electron chi connectivity index (χ3n) is 4.06. The summed E-state index contributed by atoms with van der Waals surface area (Å²) in [5.74, 6) is 0.361. The van der Waals surface area contributed by atoms with E-state index in [0.717, 1.165) is 25.9 Å². The van der Waals surface area contributed by atoms with Crippen LogP contribution in [0.2, 0.25) is 0 Å². The predicted octanol–water partition coefficient (Wildman–Crippen LogP) is 2.55. The SMILES string of the molecule is CC(C)CN(CC(C)C)S(=O)(=O)c1c[nH]c(C(=O)N2CCCC2)c1. The summed E-state index contributed by atoms with van der Waals surface area (Å²) in [4.78, 5) is 17.2. The van der Waals surface area contributed by atoms with Gasteiger partial charge in [0.15, 0.2) is 0 Å². The van der Waals surface area contributed by atoms with Crippen molar-refractivity contribution in [2.45, 2.75) is 45.4 Å². The van der Waals surface area contributed by atoms with Gasteiger partial charge in [-0.25, -0.2) is 8.42 Å². The monoisotopic (exact) mass is 355 g/mol. The van der Waals surface area contributed by atoms with E-state index in [9.17, 15) is 13.2 Å². The summed E-state index contributed by atoms with van der Waals surface area (Å²) >= 11 is 0. The molecule has 0 saturated carbocycles. The minimum absolute atomic E-state index is 0.117. The van der Waals surface area contributed by atoms with Crippen LogP contribution in [0.15, 0.2) is 17.2 Å². The molecule has 1 N–H and O–H groups in total. The van der Waals surface area contributed by atoms with Crippen LogP contribution < -0.4 is 0 Å². The third-order valence-corrected chi connectivity index (χ3v) is 5.86. The first-order valence-corrected chi connectivity index (χ1v) is 10.1. The molecule has 1 aromatic heterocycles. The maximum absolute atomic E-state index is 12.9. The molecule has 2 rings (SSSR count). The van der Waals surface area contributed by atoms with Gasteiger partial charge in [-0.15, -0.1) is 0 Å². The average molecular weight is 356 g/mol. The molecule has 7 heteroatoms. The Morgan fingerprint density at radius 3 is 2.21 bits per heavy atom. The van der Waals surface area contributed by atoms with E-state index in [1.807, 2.05) is 27.7 Å². The molecule has 1 aliphatic heterocycles. The highest BCUT2D eigenvalue weighted by molar-refractivity contribution is 7.89. The molecule has 6 nitrogen and oxygen atoms in total. The molecule has 1 aromatic rings. The van der Waals surface area contributed by atoms with E-state index in [1.54, 1.807) is 4.90 Å². The Hall–Kier alpha value is -1.34. The zero-order valence-corrected chi connectivity index (χ0v) is 15.9. The summed E-state index contributed by atoms with van der Waals surface area (Å²) in [5, 5.41) is 0. The number of amides is 1. The largest absolute Gasteiger partial charge is 0.356 e. The van der Waals surface area contributed by atoms with Crippen molar-refractivity contribution in [2.24, 2.45) is 11.8 Å². The first-order valence-electron chi connectivity index (χ1n) is 8.69. The lowest BCUT2D eigenvalue weighted by atomic mass is 10.2. The van der Waals surface area contributed by atoms with Crippen LogP contribution in [0.25, 0.3) is 0 Å². The second-order valence-corrected chi connectivity index (χ2v) is 9.30. The van der Waals surface area contributed by atoms with Crippen molar-refractivity contribution in [3.63, 3.8) is 0 Å². The Morgan fingerprint density at radius 2 is 1.71 bits per heavy atom. The maximum atomic E-state index is 12.9. The lowest BCUT2D eigenvalue weighted by Crippen LogP contribution is -2.36. The first-order chi connectivity index (χ1) is 11.2. The predicted molar refractivity (Wildman–Crippen MR) is 94.4 cm³/mol. The molecule has 136 valence electrons. The highest BCUT2D eigenvalue weighted by Crippen LogP contribution is 2.21. The molecule has 1 saturated heterocycles. The summed E-state index contributed by atoms with van der Waals surface area (Å²) in [6.07, 6.45) is 3.45. The van der Waals surface area contributed by atoms with Gasteiger partial charge in [-0.3, -0.25) is 4.79 Å². The number of carbonyl (C=O) groups is 1. The first kappa shape index (κ1) is 19.0. The zero-order chi connectivity index (χ0) is 17.9. The van der Waals surface area contributed by atoms with Crippen molar-refractivity contribution >= 4 is 15.9 Å². The smallest absolute Gasteiger partial charge is 0.270 e. The minimum Gasteiger partial charge on any atom is -0.356 e. The number of nitrogens with zero attached hydrogens (tertiary/aromatic N) is 2. The summed E-state index contributed by atoms with van der Waals surface area (Å²) in [6.45, 7) is 10.4. The topological polar surface area (TPSA) is 73.5 Å². The Labute approximate surface area is 145 Å². The van der Waals surface area contributed by atoms with Crippen molar-refractivity contribution in [2.75, 3.05) is 26.2 Å². The van der Waals surface area contributed by atoms with E-state index in [4.69, 9.17) is 0 Å². The van der Waals surface area contributed by atoms with Gasteiger partial charge >= 0.3 is 0 Å². The number of aromatic amines is 1. The number of sulfonamides is 1. The number of likely N-dealkylation sites (tertiary alicyclic amines) is 1. The van der Waals surface area contributed by atoms with Crippen LogP contribution in [0.3, 0.4) is 0 Å². The fraction of sp³-hybridized carbons (Fsp3) is 0.706. The lowest BCUT2D eigenvalue weighted by Gasteiger charge is -2.25.